The molecule has 2 atom stereocenters. The second-order valence-corrected chi connectivity index (χ2v) is 7.05. The highest BCUT2D eigenvalue weighted by molar-refractivity contribution is 7.89. The van der Waals surface area contributed by atoms with E-state index in [1.807, 2.05) is 0 Å². The zero-order valence-electron chi connectivity index (χ0n) is 11.5. The SMILES string of the molecule is CC1CCCCC1(NS(=O)(=O)c1cncc(F)c1)C(=O)O. The predicted octanol–water partition coefficient (Wildman–Crippen LogP) is 1.53. The highest BCUT2D eigenvalue weighted by Gasteiger charge is 2.48. The Bertz CT molecular complexity index is 649. The Kier molecular flexibility index (Phi) is 4.29. The molecular weight excluding hydrogens is 299 g/mol. The van der Waals surface area contributed by atoms with Crippen molar-refractivity contribution in [3.63, 3.8) is 0 Å². The van der Waals surface area contributed by atoms with Crippen LogP contribution in [-0.2, 0) is 14.8 Å². The summed E-state index contributed by atoms with van der Waals surface area (Å²) in [7, 11) is -4.15. The van der Waals surface area contributed by atoms with Gasteiger partial charge in [-0.2, -0.15) is 4.72 Å². The summed E-state index contributed by atoms with van der Waals surface area (Å²) in [6, 6.07) is 0.818. The van der Waals surface area contributed by atoms with Crippen LogP contribution < -0.4 is 4.72 Å². The van der Waals surface area contributed by atoms with E-state index < -0.39 is 27.3 Å². The largest absolute Gasteiger partial charge is 0.480 e. The summed E-state index contributed by atoms with van der Waals surface area (Å²) in [5.74, 6) is -2.35. The van der Waals surface area contributed by atoms with E-state index in [9.17, 15) is 22.7 Å². The molecule has 116 valence electrons. The normalized spacial score (nSPS) is 26.5. The molecule has 1 aliphatic rings. The van der Waals surface area contributed by atoms with Crippen LogP contribution in [0.25, 0.3) is 0 Å². The maximum atomic E-state index is 13.1. The number of carbonyl (C=O) groups is 1. The van der Waals surface area contributed by atoms with Crippen molar-refractivity contribution in [1.82, 2.24) is 9.71 Å². The monoisotopic (exact) mass is 316 g/mol. The first-order chi connectivity index (χ1) is 9.78. The van der Waals surface area contributed by atoms with Crippen LogP contribution in [0.3, 0.4) is 0 Å². The van der Waals surface area contributed by atoms with Gasteiger partial charge in [0, 0.05) is 6.20 Å². The van der Waals surface area contributed by atoms with Gasteiger partial charge >= 0.3 is 5.97 Å². The summed E-state index contributed by atoms with van der Waals surface area (Å²) >= 11 is 0. The van der Waals surface area contributed by atoms with E-state index in [0.29, 0.717) is 12.8 Å². The van der Waals surface area contributed by atoms with Crippen LogP contribution in [0.5, 0.6) is 0 Å². The molecule has 2 unspecified atom stereocenters. The van der Waals surface area contributed by atoms with Crippen LogP contribution in [-0.4, -0.2) is 30.0 Å². The van der Waals surface area contributed by atoms with Gasteiger partial charge in [0.15, 0.2) is 0 Å². The smallest absolute Gasteiger partial charge is 0.325 e. The van der Waals surface area contributed by atoms with Gasteiger partial charge in [0.25, 0.3) is 0 Å². The van der Waals surface area contributed by atoms with Gasteiger partial charge in [0.1, 0.15) is 16.3 Å². The fraction of sp³-hybridized carbons (Fsp3) is 0.538. The Morgan fingerprint density at radius 2 is 2.19 bits per heavy atom. The van der Waals surface area contributed by atoms with Crippen molar-refractivity contribution in [2.24, 2.45) is 5.92 Å². The number of aliphatic carboxylic acids is 1. The fourth-order valence-electron chi connectivity index (χ4n) is 2.70. The van der Waals surface area contributed by atoms with Crippen LogP contribution >= 0.6 is 0 Å². The minimum absolute atomic E-state index is 0.214. The first-order valence-electron chi connectivity index (χ1n) is 6.66. The zero-order chi connectivity index (χ0) is 15.7. The Morgan fingerprint density at radius 1 is 1.48 bits per heavy atom. The van der Waals surface area contributed by atoms with Crippen LogP contribution in [0.15, 0.2) is 23.4 Å². The number of carboxylic acids is 1. The quantitative estimate of drug-likeness (QED) is 0.878. The number of aromatic nitrogens is 1. The molecule has 0 radical (unpaired) electrons. The van der Waals surface area contributed by atoms with Gasteiger partial charge < -0.3 is 5.11 Å². The van der Waals surface area contributed by atoms with Crippen LogP contribution in [0, 0.1) is 11.7 Å². The first kappa shape index (κ1) is 15.8. The summed E-state index contributed by atoms with van der Waals surface area (Å²) in [6.45, 7) is 1.71. The molecule has 0 saturated heterocycles. The van der Waals surface area contributed by atoms with Crippen molar-refractivity contribution in [2.75, 3.05) is 0 Å². The van der Waals surface area contributed by atoms with Crippen molar-refractivity contribution in [1.29, 1.82) is 0 Å². The number of hydrogen-bond donors (Lipinski definition) is 2. The summed E-state index contributed by atoms with van der Waals surface area (Å²) in [4.78, 5) is 14.8. The zero-order valence-corrected chi connectivity index (χ0v) is 12.4. The molecule has 6 nitrogen and oxygen atoms in total. The van der Waals surface area contributed by atoms with Gasteiger partial charge in [-0.05, 0) is 24.8 Å². The van der Waals surface area contributed by atoms with E-state index in [1.165, 1.54) is 0 Å². The van der Waals surface area contributed by atoms with Gasteiger partial charge in [0.2, 0.25) is 10.0 Å². The molecule has 21 heavy (non-hydrogen) atoms. The molecule has 2 N–H and O–H groups in total. The Hall–Kier alpha value is -1.54. The number of rotatable bonds is 4. The number of halogens is 1. The molecule has 1 aromatic heterocycles. The molecule has 0 bridgehead atoms. The van der Waals surface area contributed by atoms with Crippen molar-refractivity contribution >= 4 is 16.0 Å². The van der Waals surface area contributed by atoms with Crippen molar-refractivity contribution < 1.29 is 22.7 Å². The van der Waals surface area contributed by atoms with E-state index in [2.05, 4.69) is 9.71 Å². The summed E-state index contributed by atoms with van der Waals surface area (Å²) in [6.07, 6.45) is 4.20. The summed E-state index contributed by atoms with van der Waals surface area (Å²) < 4.78 is 40.1. The van der Waals surface area contributed by atoms with Gasteiger partial charge in [-0.1, -0.05) is 19.8 Å². The lowest BCUT2D eigenvalue weighted by Crippen LogP contribution is -2.59. The molecule has 1 aromatic rings. The van der Waals surface area contributed by atoms with E-state index in [-0.39, 0.29) is 17.2 Å². The second-order valence-electron chi connectivity index (χ2n) is 5.37. The minimum Gasteiger partial charge on any atom is -0.480 e. The molecule has 0 amide bonds. The lowest BCUT2D eigenvalue weighted by atomic mass is 9.74. The minimum atomic E-state index is -4.15. The number of sulfonamides is 1. The van der Waals surface area contributed by atoms with Crippen molar-refractivity contribution in [2.45, 2.75) is 43.0 Å². The molecule has 1 saturated carbocycles. The van der Waals surface area contributed by atoms with Crippen LogP contribution in [0.2, 0.25) is 0 Å². The lowest BCUT2D eigenvalue weighted by Gasteiger charge is -2.39. The van der Waals surface area contributed by atoms with Gasteiger partial charge in [-0.3, -0.25) is 9.78 Å². The van der Waals surface area contributed by atoms with Crippen LogP contribution in [0.4, 0.5) is 4.39 Å². The molecule has 0 aliphatic heterocycles. The lowest BCUT2D eigenvalue weighted by molar-refractivity contribution is -0.147. The standard InChI is InChI=1S/C13H17FN2O4S/c1-9-4-2-3-5-13(9,12(17)18)16-21(19,20)11-6-10(14)7-15-8-11/h6-9,16H,2-5H2,1H3,(H,17,18). The molecule has 2 rings (SSSR count). The van der Waals surface area contributed by atoms with Gasteiger partial charge in [0.05, 0.1) is 6.20 Å². The first-order valence-corrected chi connectivity index (χ1v) is 8.14. The number of pyridine rings is 1. The molecular formula is C13H17FN2O4S. The third-order valence-electron chi connectivity index (χ3n) is 3.99. The summed E-state index contributed by atoms with van der Waals surface area (Å²) in [5.41, 5.74) is -1.55. The Morgan fingerprint density at radius 3 is 2.76 bits per heavy atom. The number of carboxylic acid groups (broad SMARTS) is 1. The predicted molar refractivity (Wildman–Crippen MR) is 72.5 cm³/mol. The van der Waals surface area contributed by atoms with Gasteiger partial charge in [-0.25, -0.2) is 12.8 Å². The second kappa shape index (κ2) is 5.69. The topological polar surface area (TPSA) is 96.4 Å². The van der Waals surface area contributed by atoms with E-state index in [4.69, 9.17) is 0 Å². The highest BCUT2D eigenvalue weighted by atomic mass is 32.2. The van der Waals surface area contributed by atoms with E-state index >= 15 is 0 Å². The molecule has 0 aromatic carbocycles. The molecule has 1 heterocycles. The Labute approximate surface area is 122 Å². The molecule has 8 heteroatoms. The van der Waals surface area contributed by atoms with Crippen molar-refractivity contribution in [3.05, 3.63) is 24.3 Å². The third kappa shape index (κ3) is 3.06. The maximum absolute atomic E-state index is 13.1. The highest BCUT2D eigenvalue weighted by Crippen LogP contribution is 2.35. The van der Waals surface area contributed by atoms with E-state index in [0.717, 1.165) is 24.9 Å². The van der Waals surface area contributed by atoms with Crippen molar-refractivity contribution in [3.8, 4) is 0 Å². The fourth-order valence-corrected chi connectivity index (χ4v) is 4.15. The average Bonchev–Trinajstić information content (AvgIpc) is 2.41. The molecule has 1 aliphatic carbocycles. The third-order valence-corrected chi connectivity index (χ3v) is 5.46. The number of nitrogens with zero attached hydrogens (tertiary/aromatic N) is 1. The average molecular weight is 316 g/mol. The summed E-state index contributed by atoms with van der Waals surface area (Å²) in [5, 5.41) is 9.51. The maximum Gasteiger partial charge on any atom is 0.325 e. The number of nitrogens with one attached hydrogen (secondary N) is 1. The molecule has 0 spiro atoms. The van der Waals surface area contributed by atoms with Crippen LogP contribution in [0.1, 0.15) is 32.6 Å². The molecule has 1 fully saturated rings. The number of hydrogen-bond acceptors (Lipinski definition) is 4. The van der Waals surface area contributed by atoms with E-state index in [1.54, 1.807) is 6.92 Å². The Balaban J connectivity index is 2.39. The van der Waals surface area contributed by atoms with Gasteiger partial charge in [-0.15, -0.1) is 0 Å².